The topological polar surface area (TPSA) is 99.3 Å². The van der Waals surface area contributed by atoms with E-state index in [1.807, 2.05) is 0 Å². The van der Waals surface area contributed by atoms with Gasteiger partial charge >= 0.3 is 6.18 Å². The number of carbonyl (C=O) groups excluding carboxylic acids is 1. The Balaban J connectivity index is 1.83. The normalized spacial score (nSPS) is 11.4. The Hall–Kier alpha value is -3.31. The molecule has 13 heteroatoms. The second-order valence-corrected chi connectivity index (χ2v) is 7.72. The SMILES string of the molecule is Cc1cc(Oc2cc(NC(=O)Cn3nc(C(F)(F)F)c(Cl)c3C)cc([N+](=O)[O-])c2)ccc1Cl. The van der Waals surface area contributed by atoms with Gasteiger partial charge in [-0.05, 0) is 37.6 Å². The first kappa shape index (κ1) is 24.3. The first-order valence-electron chi connectivity index (χ1n) is 9.18. The van der Waals surface area contributed by atoms with Crippen LogP contribution in [0.5, 0.6) is 11.5 Å². The number of ether oxygens (including phenoxy) is 1. The number of aryl methyl sites for hydroxylation is 1. The summed E-state index contributed by atoms with van der Waals surface area (Å²) in [5, 5.41) is 16.9. The summed E-state index contributed by atoms with van der Waals surface area (Å²) in [4.78, 5) is 23.0. The molecule has 3 aromatic rings. The van der Waals surface area contributed by atoms with Crippen LogP contribution in [0.3, 0.4) is 0 Å². The maximum absolute atomic E-state index is 13.0. The quantitative estimate of drug-likeness (QED) is 0.321. The lowest BCUT2D eigenvalue weighted by Gasteiger charge is -2.11. The number of nitro groups is 1. The fourth-order valence-corrected chi connectivity index (χ4v) is 3.19. The standard InChI is InChI=1S/C20H15Cl2F3N4O4/c1-10-5-14(3-4-16(10)21)33-15-7-12(6-13(8-15)29(31)32)26-17(30)9-28-11(2)18(22)19(27-28)20(23,24)25/h3-8H,9H2,1-2H3,(H,26,30). The first-order chi connectivity index (χ1) is 15.3. The van der Waals surface area contributed by atoms with Gasteiger partial charge in [-0.3, -0.25) is 19.6 Å². The van der Waals surface area contributed by atoms with E-state index in [-0.39, 0.29) is 22.8 Å². The fourth-order valence-electron chi connectivity index (χ4n) is 2.83. The molecule has 0 spiro atoms. The Labute approximate surface area is 195 Å². The molecule has 3 rings (SSSR count). The Morgan fingerprint density at radius 2 is 1.88 bits per heavy atom. The van der Waals surface area contributed by atoms with Crippen LogP contribution in [0.4, 0.5) is 24.5 Å². The summed E-state index contributed by atoms with van der Waals surface area (Å²) in [5.41, 5.74) is -1.01. The Kier molecular flexibility index (Phi) is 6.84. The average molecular weight is 503 g/mol. The van der Waals surface area contributed by atoms with Crippen molar-refractivity contribution in [3.05, 3.63) is 73.5 Å². The number of nitrogens with zero attached hydrogens (tertiary/aromatic N) is 3. The van der Waals surface area contributed by atoms with Gasteiger partial charge in [0.2, 0.25) is 5.91 Å². The summed E-state index contributed by atoms with van der Waals surface area (Å²) in [5.74, 6) is -0.366. The molecule has 33 heavy (non-hydrogen) atoms. The smallest absolute Gasteiger partial charge is 0.436 e. The van der Waals surface area contributed by atoms with Gasteiger partial charge in [0, 0.05) is 17.2 Å². The minimum atomic E-state index is -4.78. The van der Waals surface area contributed by atoms with Crippen molar-refractivity contribution in [2.75, 3.05) is 5.32 Å². The van der Waals surface area contributed by atoms with E-state index in [0.717, 1.165) is 22.4 Å². The Bertz CT molecular complexity index is 1240. The van der Waals surface area contributed by atoms with Gasteiger partial charge in [0.1, 0.15) is 18.0 Å². The maximum atomic E-state index is 13.0. The molecule has 2 aromatic carbocycles. The predicted octanol–water partition coefficient (Wildman–Crippen LogP) is 6.16. The lowest BCUT2D eigenvalue weighted by atomic mass is 10.2. The fraction of sp³-hybridized carbons (Fsp3) is 0.200. The molecule has 0 saturated heterocycles. The van der Waals surface area contributed by atoms with Crippen molar-refractivity contribution in [3.8, 4) is 11.5 Å². The number of hydrogen-bond donors (Lipinski definition) is 1. The third-order valence-electron chi connectivity index (χ3n) is 4.45. The molecule has 0 aliphatic rings. The van der Waals surface area contributed by atoms with Crippen LogP contribution in [0.15, 0.2) is 36.4 Å². The van der Waals surface area contributed by atoms with E-state index in [1.54, 1.807) is 25.1 Å². The highest BCUT2D eigenvalue weighted by molar-refractivity contribution is 6.32. The van der Waals surface area contributed by atoms with Gasteiger partial charge in [0.05, 0.1) is 27.4 Å². The van der Waals surface area contributed by atoms with E-state index in [0.29, 0.717) is 10.8 Å². The minimum Gasteiger partial charge on any atom is -0.457 e. The third kappa shape index (κ3) is 5.74. The van der Waals surface area contributed by atoms with Gasteiger partial charge in [-0.25, -0.2) is 0 Å². The summed E-state index contributed by atoms with van der Waals surface area (Å²) in [6, 6.07) is 8.36. The van der Waals surface area contributed by atoms with Crippen LogP contribution < -0.4 is 10.1 Å². The van der Waals surface area contributed by atoms with Crippen molar-refractivity contribution in [2.24, 2.45) is 0 Å². The van der Waals surface area contributed by atoms with Crippen molar-refractivity contribution in [2.45, 2.75) is 26.6 Å². The maximum Gasteiger partial charge on any atom is 0.436 e. The number of carbonyl (C=O) groups is 1. The number of alkyl halides is 3. The number of nitro benzene ring substituents is 1. The third-order valence-corrected chi connectivity index (χ3v) is 5.32. The number of benzene rings is 2. The molecule has 0 fully saturated rings. The number of amides is 1. The molecule has 0 aliphatic carbocycles. The molecule has 0 atom stereocenters. The largest absolute Gasteiger partial charge is 0.457 e. The monoisotopic (exact) mass is 502 g/mol. The van der Waals surface area contributed by atoms with Crippen LogP contribution in [0, 0.1) is 24.0 Å². The zero-order chi connectivity index (χ0) is 24.5. The van der Waals surface area contributed by atoms with E-state index < -0.39 is 34.3 Å². The second kappa shape index (κ2) is 9.28. The minimum absolute atomic E-state index is 0.00170. The zero-order valence-electron chi connectivity index (χ0n) is 17.0. The van der Waals surface area contributed by atoms with Crippen LogP contribution in [-0.4, -0.2) is 20.6 Å². The molecule has 0 aliphatic heterocycles. The average Bonchev–Trinajstić information content (AvgIpc) is 2.99. The van der Waals surface area contributed by atoms with Crippen molar-refractivity contribution in [1.82, 2.24) is 9.78 Å². The summed E-state index contributed by atoms with van der Waals surface area (Å²) in [6.07, 6.45) is -4.78. The van der Waals surface area contributed by atoms with Crippen molar-refractivity contribution in [1.29, 1.82) is 0 Å². The molecule has 1 amide bonds. The van der Waals surface area contributed by atoms with Gasteiger partial charge in [-0.1, -0.05) is 23.2 Å². The molecular formula is C20H15Cl2F3N4O4. The van der Waals surface area contributed by atoms with E-state index in [1.165, 1.54) is 13.0 Å². The van der Waals surface area contributed by atoms with Gasteiger partial charge in [-0.15, -0.1) is 0 Å². The molecule has 0 saturated carbocycles. The molecule has 1 aromatic heterocycles. The number of hydrogen-bond acceptors (Lipinski definition) is 5. The Morgan fingerprint density at radius 3 is 2.45 bits per heavy atom. The Morgan fingerprint density at radius 1 is 1.18 bits per heavy atom. The number of non-ortho nitro benzene ring substituents is 1. The zero-order valence-corrected chi connectivity index (χ0v) is 18.5. The van der Waals surface area contributed by atoms with Crippen molar-refractivity contribution < 1.29 is 27.6 Å². The van der Waals surface area contributed by atoms with Crippen LogP contribution in [0.2, 0.25) is 10.0 Å². The van der Waals surface area contributed by atoms with Crippen LogP contribution in [-0.2, 0) is 17.5 Å². The number of rotatable bonds is 6. The lowest BCUT2D eigenvalue weighted by molar-refractivity contribution is -0.384. The molecule has 0 radical (unpaired) electrons. The van der Waals surface area contributed by atoms with Gasteiger partial charge in [-0.2, -0.15) is 18.3 Å². The number of halogens is 5. The lowest BCUT2D eigenvalue weighted by Crippen LogP contribution is -2.21. The van der Waals surface area contributed by atoms with Crippen LogP contribution >= 0.6 is 23.2 Å². The summed E-state index contributed by atoms with van der Waals surface area (Å²) >= 11 is 11.7. The first-order valence-corrected chi connectivity index (χ1v) is 9.94. The predicted molar refractivity (Wildman–Crippen MR) is 115 cm³/mol. The highest BCUT2D eigenvalue weighted by Gasteiger charge is 2.38. The van der Waals surface area contributed by atoms with E-state index in [9.17, 15) is 28.1 Å². The van der Waals surface area contributed by atoms with Crippen molar-refractivity contribution in [3.63, 3.8) is 0 Å². The van der Waals surface area contributed by atoms with Gasteiger partial charge in [0.25, 0.3) is 5.69 Å². The number of anilines is 1. The molecule has 8 nitrogen and oxygen atoms in total. The van der Waals surface area contributed by atoms with E-state index in [2.05, 4.69) is 10.4 Å². The van der Waals surface area contributed by atoms with E-state index >= 15 is 0 Å². The van der Waals surface area contributed by atoms with Crippen LogP contribution in [0.1, 0.15) is 17.0 Å². The van der Waals surface area contributed by atoms with Crippen LogP contribution in [0.25, 0.3) is 0 Å². The summed E-state index contributed by atoms with van der Waals surface area (Å²) < 4.78 is 45.4. The number of aromatic nitrogens is 2. The molecule has 0 bridgehead atoms. The summed E-state index contributed by atoms with van der Waals surface area (Å²) in [6.45, 7) is 2.43. The van der Waals surface area contributed by atoms with Crippen molar-refractivity contribution >= 4 is 40.5 Å². The summed E-state index contributed by atoms with van der Waals surface area (Å²) in [7, 11) is 0. The van der Waals surface area contributed by atoms with Gasteiger partial charge in [0.15, 0.2) is 5.69 Å². The molecule has 1 heterocycles. The molecule has 174 valence electrons. The molecule has 1 N–H and O–H groups in total. The number of nitrogens with one attached hydrogen (secondary N) is 1. The highest BCUT2D eigenvalue weighted by Crippen LogP contribution is 2.35. The molecule has 0 unspecified atom stereocenters. The molecular weight excluding hydrogens is 488 g/mol. The second-order valence-electron chi connectivity index (χ2n) is 6.94. The van der Waals surface area contributed by atoms with Gasteiger partial charge < -0.3 is 10.1 Å². The highest BCUT2D eigenvalue weighted by atomic mass is 35.5. The van der Waals surface area contributed by atoms with E-state index in [4.69, 9.17) is 27.9 Å².